The van der Waals surface area contributed by atoms with E-state index in [1.807, 2.05) is 77.6 Å². The molecule has 4 rings (SSSR count). The number of carbonyl (C=O) groups is 1. The Morgan fingerprint density at radius 3 is 1.88 bits per heavy atom. The molecule has 0 unspecified atom stereocenters. The van der Waals surface area contributed by atoms with Gasteiger partial charge in [-0.25, -0.2) is 9.36 Å². The summed E-state index contributed by atoms with van der Waals surface area (Å²) >= 11 is 0. The van der Waals surface area contributed by atoms with Crippen LogP contribution in [-0.2, 0) is 0 Å². The molecule has 2 aromatic heterocycles. The second-order valence-corrected chi connectivity index (χ2v) is 4.96. The van der Waals surface area contributed by atoms with Crippen molar-refractivity contribution in [3.63, 3.8) is 0 Å². The molecule has 4 aromatic rings. The first-order valence-electron chi connectivity index (χ1n) is 7.47. The van der Waals surface area contributed by atoms with E-state index in [2.05, 4.69) is 10.2 Å². The summed E-state index contributed by atoms with van der Waals surface area (Å²) in [6.07, 6.45) is 7.72. The van der Waals surface area contributed by atoms with Crippen molar-refractivity contribution >= 4 is 6.29 Å². The minimum Gasteiger partial charge on any atom is -0.298 e. The van der Waals surface area contributed by atoms with Crippen LogP contribution in [0.4, 0.5) is 0 Å². The Hall–Kier alpha value is -3.47. The fourth-order valence-electron chi connectivity index (χ4n) is 2.12. The van der Waals surface area contributed by atoms with Crippen molar-refractivity contribution in [2.45, 2.75) is 0 Å². The fourth-order valence-corrected chi connectivity index (χ4v) is 2.12. The molecule has 0 aliphatic heterocycles. The molecule has 2 heterocycles. The molecule has 0 radical (unpaired) electrons. The lowest BCUT2D eigenvalue weighted by Crippen LogP contribution is -1.92. The monoisotopic (exact) mass is 316 g/mol. The van der Waals surface area contributed by atoms with E-state index in [0.717, 1.165) is 17.7 Å². The molecular formula is C19H16N4O. The fraction of sp³-hybridized carbons (Fsp3) is 0. The largest absolute Gasteiger partial charge is 0.298 e. The van der Waals surface area contributed by atoms with Gasteiger partial charge in [0.2, 0.25) is 0 Å². The zero-order chi connectivity index (χ0) is 16.6. The first kappa shape index (κ1) is 15.4. The molecule has 0 saturated carbocycles. The minimum atomic E-state index is 0.587. The molecule has 0 bridgehead atoms. The summed E-state index contributed by atoms with van der Waals surface area (Å²) in [6, 6.07) is 21.6. The van der Waals surface area contributed by atoms with E-state index >= 15 is 0 Å². The lowest BCUT2D eigenvalue weighted by Gasteiger charge is -1.97. The Kier molecular flexibility index (Phi) is 4.94. The average Bonchev–Trinajstić information content (AvgIpc) is 3.36. The predicted octanol–water partition coefficient (Wildman–Crippen LogP) is 3.56. The van der Waals surface area contributed by atoms with Gasteiger partial charge in [-0.05, 0) is 30.3 Å². The Morgan fingerprint density at radius 1 is 0.750 bits per heavy atom. The van der Waals surface area contributed by atoms with Gasteiger partial charge in [-0.3, -0.25) is 4.79 Å². The van der Waals surface area contributed by atoms with E-state index in [1.54, 1.807) is 23.3 Å². The summed E-state index contributed by atoms with van der Waals surface area (Å²) in [5, 5.41) is 8.15. The molecule has 0 amide bonds. The van der Waals surface area contributed by atoms with Crippen molar-refractivity contribution in [1.82, 2.24) is 19.6 Å². The molecule has 2 aromatic carbocycles. The lowest BCUT2D eigenvalue weighted by molar-refractivity contribution is 0.112. The van der Waals surface area contributed by atoms with Gasteiger partial charge in [0.15, 0.2) is 6.29 Å². The number of carbonyl (C=O) groups excluding carboxylic acids is 1. The first-order chi connectivity index (χ1) is 11.9. The summed E-state index contributed by atoms with van der Waals surface area (Å²) in [5.74, 6) is 0. The van der Waals surface area contributed by atoms with E-state index in [9.17, 15) is 4.79 Å². The van der Waals surface area contributed by atoms with Crippen LogP contribution in [0.5, 0.6) is 0 Å². The molecule has 0 aliphatic rings. The molecule has 5 nitrogen and oxygen atoms in total. The average molecular weight is 316 g/mol. The Bertz CT molecular complexity index is 868. The Labute approximate surface area is 139 Å². The van der Waals surface area contributed by atoms with Gasteiger partial charge in [0.25, 0.3) is 0 Å². The van der Waals surface area contributed by atoms with E-state index in [-0.39, 0.29) is 0 Å². The number of rotatable bonds is 3. The SMILES string of the molecule is O=Cc1cnn(-c2ccccc2)c1.c1ccc(-n2cccn2)cc1. The maximum absolute atomic E-state index is 10.4. The van der Waals surface area contributed by atoms with Gasteiger partial charge < -0.3 is 0 Å². The molecular weight excluding hydrogens is 300 g/mol. The summed E-state index contributed by atoms with van der Waals surface area (Å²) in [6.45, 7) is 0. The van der Waals surface area contributed by atoms with Gasteiger partial charge >= 0.3 is 0 Å². The molecule has 0 aliphatic carbocycles. The normalized spacial score (nSPS) is 9.83. The van der Waals surface area contributed by atoms with Gasteiger partial charge in [0.1, 0.15) is 0 Å². The number of para-hydroxylation sites is 2. The highest BCUT2D eigenvalue weighted by molar-refractivity contribution is 5.73. The van der Waals surface area contributed by atoms with Crippen LogP contribution >= 0.6 is 0 Å². The topological polar surface area (TPSA) is 52.7 Å². The van der Waals surface area contributed by atoms with Gasteiger partial charge in [-0.2, -0.15) is 10.2 Å². The van der Waals surface area contributed by atoms with Crippen LogP contribution in [0.15, 0.2) is 91.5 Å². The zero-order valence-corrected chi connectivity index (χ0v) is 12.9. The molecule has 118 valence electrons. The molecule has 0 saturated heterocycles. The molecule has 0 spiro atoms. The van der Waals surface area contributed by atoms with Crippen LogP contribution in [-0.4, -0.2) is 25.8 Å². The second kappa shape index (κ2) is 7.69. The number of hydrogen-bond acceptors (Lipinski definition) is 3. The van der Waals surface area contributed by atoms with Crippen LogP contribution < -0.4 is 0 Å². The van der Waals surface area contributed by atoms with Crippen molar-refractivity contribution in [2.75, 3.05) is 0 Å². The molecule has 24 heavy (non-hydrogen) atoms. The van der Waals surface area contributed by atoms with Crippen molar-refractivity contribution in [3.05, 3.63) is 97.1 Å². The summed E-state index contributed by atoms with van der Waals surface area (Å²) < 4.78 is 3.50. The van der Waals surface area contributed by atoms with E-state index in [4.69, 9.17) is 0 Å². The summed E-state index contributed by atoms with van der Waals surface area (Å²) in [7, 11) is 0. The third-order valence-corrected chi connectivity index (χ3v) is 3.28. The second-order valence-electron chi connectivity index (χ2n) is 4.96. The highest BCUT2D eigenvalue weighted by Gasteiger charge is 1.97. The van der Waals surface area contributed by atoms with Crippen molar-refractivity contribution in [3.8, 4) is 11.4 Å². The first-order valence-corrected chi connectivity index (χ1v) is 7.47. The Morgan fingerprint density at radius 2 is 1.38 bits per heavy atom. The minimum absolute atomic E-state index is 0.587. The quantitative estimate of drug-likeness (QED) is 0.543. The van der Waals surface area contributed by atoms with Crippen LogP contribution in [0.1, 0.15) is 10.4 Å². The standard InChI is InChI=1S/C10H8N2O.C9H8N2/c13-8-9-6-11-12(7-9)10-4-2-1-3-5-10;1-2-5-9(6-3-1)11-8-4-7-10-11/h1-8H;1-8H. The lowest BCUT2D eigenvalue weighted by atomic mass is 10.3. The van der Waals surface area contributed by atoms with E-state index < -0.39 is 0 Å². The molecule has 0 fully saturated rings. The Balaban J connectivity index is 0.000000143. The third kappa shape index (κ3) is 3.84. The predicted molar refractivity (Wildman–Crippen MR) is 92.5 cm³/mol. The van der Waals surface area contributed by atoms with E-state index in [1.165, 1.54) is 0 Å². The summed E-state index contributed by atoms with van der Waals surface area (Å²) in [5.41, 5.74) is 2.64. The number of nitrogens with zero attached hydrogens (tertiary/aromatic N) is 4. The van der Waals surface area contributed by atoms with Gasteiger partial charge in [0.05, 0.1) is 23.1 Å². The molecule has 0 N–H and O–H groups in total. The van der Waals surface area contributed by atoms with Gasteiger partial charge in [0, 0.05) is 18.6 Å². The van der Waals surface area contributed by atoms with Crippen LogP contribution in [0.3, 0.4) is 0 Å². The molecule has 5 heteroatoms. The third-order valence-electron chi connectivity index (χ3n) is 3.28. The smallest absolute Gasteiger partial charge is 0.153 e. The number of hydrogen-bond donors (Lipinski definition) is 0. The van der Waals surface area contributed by atoms with Crippen molar-refractivity contribution < 1.29 is 4.79 Å². The maximum atomic E-state index is 10.4. The zero-order valence-electron chi connectivity index (χ0n) is 12.9. The van der Waals surface area contributed by atoms with Gasteiger partial charge in [-0.1, -0.05) is 36.4 Å². The highest BCUT2D eigenvalue weighted by Crippen LogP contribution is 2.06. The summed E-state index contributed by atoms with van der Waals surface area (Å²) in [4.78, 5) is 10.4. The van der Waals surface area contributed by atoms with Crippen molar-refractivity contribution in [2.24, 2.45) is 0 Å². The van der Waals surface area contributed by atoms with Crippen molar-refractivity contribution in [1.29, 1.82) is 0 Å². The number of aromatic nitrogens is 4. The molecule has 0 atom stereocenters. The maximum Gasteiger partial charge on any atom is 0.153 e. The van der Waals surface area contributed by atoms with Crippen LogP contribution in [0.2, 0.25) is 0 Å². The number of benzene rings is 2. The van der Waals surface area contributed by atoms with E-state index in [0.29, 0.717) is 5.56 Å². The highest BCUT2D eigenvalue weighted by atomic mass is 16.1. The van der Waals surface area contributed by atoms with Crippen LogP contribution in [0, 0.1) is 0 Å². The van der Waals surface area contributed by atoms with Crippen LogP contribution in [0.25, 0.3) is 11.4 Å². The van der Waals surface area contributed by atoms with Gasteiger partial charge in [-0.15, -0.1) is 0 Å². The number of aldehydes is 1.